The maximum atomic E-state index is 8.48. The van der Waals surface area contributed by atoms with E-state index in [0.717, 1.165) is 6.42 Å². The Morgan fingerprint density at radius 3 is 2.88 bits per heavy atom. The van der Waals surface area contributed by atoms with Crippen molar-refractivity contribution in [3.63, 3.8) is 0 Å². The lowest BCUT2D eigenvalue weighted by Gasteiger charge is -2.04. The van der Waals surface area contributed by atoms with E-state index in [4.69, 9.17) is 14.5 Å². The van der Waals surface area contributed by atoms with Gasteiger partial charge in [0.1, 0.15) is 0 Å². The van der Waals surface area contributed by atoms with Gasteiger partial charge in [0.25, 0.3) is 0 Å². The van der Waals surface area contributed by atoms with Crippen LogP contribution in [0.5, 0.6) is 0 Å². The van der Waals surface area contributed by atoms with E-state index in [-0.39, 0.29) is 12.0 Å². The predicted octanol–water partition coefficient (Wildman–Crippen LogP) is 2.05. The molecule has 0 saturated carbocycles. The third-order valence-electron chi connectivity index (χ3n) is 2.47. The first kappa shape index (κ1) is 12.7. The first-order valence-corrected chi connectivity index (χ1v) is 5.39. The fraction of sp³-hybridized carbons (Fsp3) is 0.727. The molecule has 0 spiro atoms. The number of ether oxygens (including phenoxy) is 1. The Morgan fingerprint density at radius 1 is 1.50 bits per heavy atom. The van der Waals surface area contributed by atoms with Crippen LogP contribution in [0.2, 0.25) is 0 Å². The molecule has 1 heterocycles. The summed E-state index contributed by atoms with van der Waals surface area (Å²) in [4.78, 5) is 4.28. The molecule has 5 heteroatoms. The van der Waals surface area contributed by atoms with E-state index in [9.17, 15) is 0 Å². The van der Waals surface area contributed by atoms with Crippen LogP contribution < -0.4 is 0 Å². The minimum atomic E-state index is 0.0832. The number of rotatable bonds is 6. The molecule has 0 saturated heterocycles. The summed E-state index contributed by atoms with van der Waals surface area (Å²) in [6, 6.07) is 2.11. The lowest BCUT2D eigenvalue weighted by molar-refractivity contribution is 0.116. The van der Waals surface area contributed by atoms with Gasteiger partial charge in [-0.1, -0.05) is 12.1 Å². The molecule has 1 aromatic rings. The smallest absolute Gasteiger partial charge is 0.229 e. The Morgan fingerprint density at radius 2 is 2.25 bits per heavy atom. The quantitative estimate of drug-likeness (QED) is 0.738. The maximum Gasteiger partial charge on any atom is 0.229 e. The lowest BCUT2D eigenvalue weighted by atomic mass is 10.1. The van der Waals surface area contributed by atoms with Crippen molar-refractivity contribution in [3.8, 4) is 6.07 Å². The topological polar surface area (TPSA) is 71.9 Å². The molecular weight excluding hydrogens is 206 g/mol. The Balaban J connectivity index is 2.54. The fourth-order valence-electron chi connectivity index (χ4n) is 1.30. The molecule has 0 N–H and O–H groups in total. The normalized spacial score (nSPS) is 14.4. The van der Waals surface area contributed by atoms with E-state index < -0.39 is 0 Å². The second-order valence-corrected chi connectivity index (χ2v) is 3.90. The minimum Gasteiger partial charge on any atom is -0.381 e. The highest BCUT2D eigenvalue weighted by molar-refractivity contribution is 4.94. The molecule has 16 heavy (non-hydrogen) atoms. The van der Waals surface area contributed by atoms with Crippen molar-refractivity contribution < 1.29 is 9.26 Å². The summed E-state index contributed by atoms with van der Waals surface area (Å²) < 4.78 is 10.3. The van der Waals surface area contributed by atoms with Crippen molar-refractivity contribution in [1.29, 1.82) is 5.26 Å². The van der Waals surface area contributed by atoms with Gasteiger partial charge in [-0.3, -0.25) is 0 Å². The predicted molar refractivity (Wildman–Crippen MR) is 57.7 cm³/mol. The van der Waals surface area contributed by atoms with E-state index in [1.54, 1.807) is 7.11 Å². The van der Waals surface area contributed by atoms with E-state index in [2.05, 4.69) is 16.2 Å². The molecule has 88 valence electrons. The Labute approximate surface area is 95.4 Å². The molecule has 0 aliphatic rings. The van der Waals surface area contributed by atoms with Crippen molar-refractivity contribution >= 4 is 0 Å². The summed E-state index contributed by atoms with van der Waals surface area (Å²) in [5.41, 5.74) is 0. The molecule has 0 amide bonds. The first-order chi connectivity index (χ1) is 7.67. The second kappa shape index (κ2) is 6.23. The van der Waals surface area contributed by atoms with E-state index in [1.165, 1.54) is 0 Å². The van der Waals surface area contributed by atoms with Gasteiger partial charge < -0.3 is 9.26 Å². The van der Waals surface area contributed by atoms with Gasteiger partial charge in [-0.2, -0.15) is 10.2 Å². The molecule has 1 aromatic heterocycles. The van der Waals surface area contributed by atoms with Crippen molar-refractivity contribution in [2.75, 3.05) is 7.11 Å². The van der Waals surface area contributed by atoms with Crippen LogP contribution >= 0.6 is 0 Å². The maximum absolute atomic E-state index is 8.48. The molecule has 0 aliphatic carbocycles. The first-order valence-electron chi connectivity index (χ1n) is 5.39. The summed E-state index contributed by atoms with van der Waals surface area (Å²) >= 11 is 0. The highest BCUT2D eigenvalue weighted by Crippen LogP contribution is 2.18. The number of aromatic nitrogens is 2. The number of hydrogen-bond acceptors (Lipinski definition) is 5. The van der Waals surface area contributed by atoms with E-state index in [0.29, 0.717) is 24.6 Å². The van der Waals surface area contributed by atoms with Crippen molar-refractivity contribution in [2.24, 2.45) is 0 Å². The fourth-order valence-corrected chi connectivity index (χ4v) is 1.30. The molecule has 0 radical (unpaired) electrons. The highest BCUT2D eigenvalue weighted by Gasteiger charge is 2.15. The summed E-state index contributed by atoms with van der Waals surface area (Å²) in [7, 11) is 1.65. The second-order valence-electron chi connectivity index (χ2n) is 3.90. The van der Waals surface area contributed by atoms with Crippen molar-refractivity contribution in [3.05, 3.63) is 11.7 Å². The van der Waals surface area contributed by atoms with Crippen LogP contribution in [-0.4, -0.2) is 23.4 Å². The third kappa shape index (κ3) is 3.63. The van der Waals surface area contributed by atoms with Crippen LogP contribution in [-0.2, 0) is 11.2 Å². The standard InChI is InChI=1S/C11H17N3O2/c1-8(5-4-6-12)11-13-10(14-16-11)7-9(2)15-3/h8-9H,4-5,7H2,1-3H3. The Kier molecular flexibility index (Phi) is 4.93. The van der Waals surface area contributed by atoms with Gasteiger partial charge in [0, 0.05) is 25.9 Å². The van der Waals surface area contributed by atoms with Gasteiger partial charge in [-0.05, 0) is 13.3 Å². The van der Waals surface area contributed by atoms with Gasteiger partial charge >= 0.3 is 0 Å². The Hall–Kier alpha value is -1.41. The minimum absolute atomic E-state index is 0.0832. The molecular formula is C11H17N3O2. The van der Waals surface area contributed by atoms with Crippen molar-refractivity contribution in [1.82, 2.24) is 10.1 Å². The summed E-state index contributed by atoms with van der Waals surface area (Å²) in [6.45, 7) is 3.93. The molecule has 0 bridgehead atoms. The molecule has 0 fully saturated rings. The van der Waals surface area contributed by atoms with Crippen LogP contribution in [0.25, 0.3) is 0 Å². The molecule has 2 unspecified atom stereocenters. The van der Waals surface area contributed by atoms with Crippen LogP contribution in [0.15, 0.2) is 4.52 Å². The summed E-state index contributed by atoms with van der Waals surface area (Å²) in [5.74, 6) is 1.40. The average molecular weight is 223 g/mol. The van der Waals surface area contributed by atoms with Gasteiger partial charge in [-0.15, -0.1) is 0 Å². The lowest BCUT2D eigenvalue weighted by Crippen LogP contribution is -2.09. The number of nitrogens with zero attached hydrogens (tertiary/aromatic N) is 3. The molecule has 0 aromatic carbocycles. The van der Waals surface area contributed by atoms with Crippen LogP contribution in [0.3, 0.4) is 0 Å². The average Bonchev–Trinajstić information content (AvgIpc) is 2.74. The molecule has 0 aliphatic heterocycles. The van der Waals surface area contributed by atoms with Crippen molar-refractivity contribution in [2.45, 2.75) is 45.1 Å². The van der Waals surface area contributed by atoms with E-state index >= 15 is 0 Å². The monoisotopic (exact) mass is 223 g/mol. The zero-order valence-electron chi connectivity index (χ0n) is 9.93. The van der Waals surface area contributed by atoms with Gasteiger partial charge in [-0.25, -0.2) is 0 Å². The number of hydrogen-bond donors (Lipinski definition) is 0. The van der Waals surface area contributed by atoms with Crippen LogP contribution in [0, 0.1) is 11.3 Å². The van der Waals surface area contributed by atoms with Crippen LogP contribution in [0.1, 0.15) is 44.3 Å². The summed E-state index contributed by atoms with van der Waals surface area (Å²) in [5, 5.41) is 12.4. The Bertz CT molecular complexity index is 356. The van der Waals surface area contributed by atoms with Crippen LogP contribution in [0.4, 0.5) is 0 Å². The SMILES string of the molecule is COC(C)Cc1noc(C(C)CCC#N)n1. The largest absolute Gasteiger partial charge is 0.381 e. The summed E-state index contributed by atoms with van der Waals surface area (Å²) in [6.07, 6.45) is 1.98. The highest BCUT2D eigenvalue weighted by atomic mass is 16.5. The van der Waals surface area contributed by atoms with E-state index in [1.807, 2.05) is 13.8 Å². The zero-order chi connectivity index (χ0) is 12.0. The van der Waals surface area contributed by atoms with Gasteiger partial charge in [0.05, 0.1) is 12.2 Å². The third-order valence-corrected chi connectivity index (χ3v) is 2.47. The number of methoxy groups -OCH3 is 1. The van der Waals surface area contributed by atoms with Gasteiger partial charge in [0.2, 0.25) is 5.89 Å². The number of nitriles is 1. The zero-order valence-corrected chi connectivity index (χ0v) is 9.93. The molecule has 1 rings (SSSR count). The van der Waals surface area contributed by atoms with Gasteiger partial charge in [0.15, 0.2) is 5.82 Å². The molecule has 2 atom stereocenters. The molecule has 5 nitrogen and oxygen atoms in total.